The monoisotopic (exact) mass is 431 g/mol. The number of fused-ring (bicyclic) bond motifs is 1. The number of sulfonamides is 1. The lowest BCUT2D eigenvalue weighted by molar-refractivity contribution is 0.0698. The molecule has 30 heavy (non-hydrogen) atoms. The fourth-order valence-corrected chi connectivity index (χ4v) is 4.94. The molecule has 0 atom stereocenters. The number of piperidine rings is 1. The Balaban J connectivity index is 1.63. The minimum atomic E-state index is -3.26. The first-order valence-corrected chi connectivity index (χ1v) is 11.8. The number of carbonyl (C=O) groups is 1. The van der Waals surface area contributed by atoms with Gasteiger partial charge in [0, 0.05) is 45.5 Å². The third-order valence-corrected chi connectivity index (χ3v) is 7.43. The molecule has 2 saturated heterocycles. The van der Waals surface area contributed by atoms with Crippen molar-refractivity contribution in [3.05, 3.63) is 18.0 Å². The van der Waals surface area contributed by atoms with Gasteiger partial charge >= 0.3 is 0 Å². The van der Waals surface area contributed by atoms with E-state index >= 15 is 0 Å². The van der Waals surface area contributed by atoms with Gasteiger partial charge in [-0.3, -0.25) is 9.89 Å². The zero-order valence-electron chi connectivity index (χ0n) is 17.1. The number of aromatic amines is 1. The smallest absolute Gasteiger partial charge is 0.257 e. The summed E-state index contributed by atoms with van der Waals surface area (Å²) in [6.07, 6.45) is 5.86. The Kier molecular flexibility index (Phi) is 5.15. The second-order valence-electron chi connectivity index (χ2n) is 8.27. The lowest BCUT2D eigenvalue weighted by Crippen LogP contribution is -2.50. The number of H-pyrrole nitrogens is 1. The third-order valence-electron chi connectivity index (χ3n) is 6.13. The molecule has 4 rings (SSSR count). The number of rotatable bonds is 3. The first-order valence-electron chi connectivity index (χ1n) is 9.94. The predicted molar refractivity (Wildman–Crippen MR) is 111 cm³/mol. The van der Waals surface area contributed by atoms with E-state index in [4.69, 9.17) is 0 Å². The van der Waals surface area contributed by atoms with Gasteiger partial charge in [0.2, 0.25) is 10.0 Å². The number of piperazine rings is 1. The van der Waals surface area contributed by atoms with Gasteiger partial charge in [0.05, 0.1) is 40.6 Å². The van der Waals surface area contributed by atoms with Gasteiger partial charge in [0.1, 0.15) is 0 Å². The van der Waals surface area contributed by atoms with Crippen LogP contribution in [-0.2, 0) is 10.0 Å². The van der Waals surface area contributed by atoms with E-state index in [1.807, 2.05) is 6.92 Å². The van der Waals surface area contributed by atoms with Crippen LogP contribution >= 0.6 is 0 Å². The minimum absolute atomic E-state index is 0.164. The van der Waals surface area contributed by atoms with Gasteiger partial charge in [-0.05, 0) is 19.8 Å². The fraction of sp³-hybridized carbons (Fsp3) is 0.579. The largest absolute Gasteiger partial charge is 0.370 e. The number of carbonyl (C=O) groups excluding carboxylic acids is 1. The molecule has 0 bridgehead atoms. The van der Waals surface area contributed by atoms with Gasteiger partial charge in [0.25, 0.3) is 5.91 Å². The molecule has 2 aromatic heterocycles. The van der Waals surface area contributed by atoms with Crippen molar-refractivity contribution in [2.75, 3.05) is 50.4 Å². The summed E-state index contributed by atoms with van der Waals surface area (Å²) in [4.78, 5) is 21.6. The van der Waals surface area contributed by atoms with Crippen LogP contribution in [0.2, 0.25) is 0 Å². The molecule has 4 heterocycles. The molecule has 2 aromatic rings. The Bertz CT molecular complexity index is 1100. The van der Waals surface area contributed by atoms with E-state index in [1.165, 1.54) is 10.6 Å². The molecule has 0 saturated carbocycles. The van der Waals surface area contributed by atoms with E-state index in [1.54, 1.807) is 17.3 Å². The molecule has 10 nitrogen and oxygen atoms in total. The molecule has 2 aliphatic heterocycles. The van der Waals surface area contributed by atoms with E-state index in [2.05, 4.69) is 26.2 Å². The molecule has 0 unspecified atom stereocenters. The summed E-state index contributed by atoms with van der Waals surface area (Å²) in [5.41, 5.74) is 1.52. The molecule has 0 radical (unpaired) electrons. The van der Waals surface area contributed by atoms with Crippen LogP contribution in [0, 0.1) is 16.7 Å². The lowest BCUT2D eigenvalue weighted by atomic mass is 9.81. The quantitative estimate of drug-likeness (QED) is 0.762. The average Bonchev–Trinajstić information content (AvgIpc) is 3.22. The van der Waals surface area contributed by atoms with Crippen molar-refractivity contribution in [3.63, 3.8) is 0 Å². The average molecular weight is 432 g/mol. The molecule has 0 aliphatic carbocycles. The number of aromatic nitrogens is 3. The van der Waals surface area contributed by atoms with Crippen LogP contribution < -0.4 is 4.90 Å². The Morgan fingerprint density at radius 1 is 1.17 bits per heavy atom. The number of hydrogen-bond donors (Lipinski definition) is 1. The molecule has 0 spiro atoms. The van der Waals surface area contributed by atoms with Crippen molar-refractivity contribution in [1.29, 1.82) is 5.26 Å². The van der Waals surface area contributed by atoms with Crippen molar-refractivity contribution in [2.45, 2.75) is 19.8 Å². The van der Waals surface area contributed by atoms with Crippen LogP contribution in [0.15, 0.2) is 12.4 Å². The number of nitrogens with zero attached hydrogens (tertiary/aromatic N) is 6. The summed E-state index contributed by atoms with van der Waals surface area (Å²) in [5.74, 6) is -0.164. The summed E-state index contributed by atoms with van der Waals surface area (Å²) in [6, 6.07) is 2.40. The number of nitrogens with one attached hydrogen (secondary N) is 1. The molecular formula is C19H25N7O3S. The highest BCUT2D eigenvalue weighted by atomic mass is 32.2. The second kappa shape index (κ2) is 7.52. The van der Waals surface area contributed by atoms with Gasteiger partial charge in [0.15, 0.2) is 5.65 Å². The van der Waals surface area contributed by atoms with E-state index < -0.39 is 10.0 Å². The van der Waals surface area contributed by atoms with Gasteiger partial charge in [-0.25, -0.2) is 13.4 Å². The van der Waals surface area contributed by atoms with E-state index in [0.717, 1.165) is 11.1 Å². The van der Waals surface area contributed by atoms with Crippen LogP contribution in [0.4, 0.5) is 5.69 Å². The van der Waals surface area contributed by atoms with Crippen LogP contribution in [0.3, 0.4) is 0 Å². The third kappa shape index (κ3) is 3.73. The van der Waals surface area contributed by atoms with E-state index in [-0.39, 0.29) is 24.4 Å². The first kappa shape index (κ1) is 20.6. The number of amides is 1. The maximum absolute atomic E-state index is 13.4. The molecule has 2 fully saturated rings. The number of anilines is 1. The summed E-state index contributed by atoms with van der Waals surface area (Å²) < 4.78 is 24.9. The summed E-state index contributed by atoms with van der Waals surface area (Å²) in [6.45, 7) is 4.53. The minimum Gasteiger partial charge on any atom is -0.370 e. The number of hydrogen-bond acceptors (Lipinski definition) is 7. The normalized spacial score (nSPS) is 20.3. The Hall–Kier alpha value is -2.71. The van der Waals surface area contributed by atoms with Crippen LogP contribution in [0.1, 0.15) is 30.1 Å². The Labute approximate surface area is 175 Å². The predicted octanol–water partition coefficient (Wildman–Crippen LogP) is 0.805. The Morgan fingerprint density at radius 2 is 1.83 bits per heavy atom. The molecular weight excluding hydrogens is 406 g/mol. The summed E-state index contributed by atoms with van der Waals surface area (Å²) in [7, 11) is -3.26. The maximum Gasteiger partial charge on any atom is 0.257 e. The van der Waals surface area contributed by atoms with Crippen LogP contribution in [0.25, 0.3) is 11.0 Å². The SMILES string of the molecule is CC1(C#N)CCN(c2c(C(=O)N3CCN(S(C)(=O)=O)CC3)cnc3[nH]ncc23)CC1. The molecule has 11 heteroatoms. The topological polar surface area (TPSA) is 126 Å². The van der Waals surface area contributed by atoms with Gasteiger partial charge in [-0.1, -0.05) is 0 Å². The van der Waals surface area contributed by atoms with Crippen molar-refractivity contribution in [3.8, 4) is 6.07 Å². The molecule has 1 amide bonds. The van der Waals surface area contributed by atoms with Gasteiger partial charge < -0.3 is 9.80 Å². The van der Waals surface area contributed by atoms with Gasteiger partial charge in [-0.15, -0.1) is 0 Å². The highest BCUT2D eigenvalue weighted by molar-refractivity contribution is 7.88. The first-order chi connectivity index (χ1) is 14.2. The fourth-order valence-electron chi connectivity index (χ4n) is 4.11. The van der Waals surface area contributed by atoms with Gasteiger partial charge in [-0.2, -0.15) is 14.7 Å². The maximum atomic E-state index is 13.4. The summed E-state index contributed by atoms with van der Waals surface area (Å²) >= 11 is 0. The second-order valence-corrected chi connectivity index (χ2v) is 10.2. The summed E-state index contributed by atoms with van der Waals surface area (Å²) in [5, 5.41) is 17.2. The van der Waals surface area contributed by atoms with Crippen LogP contribution in [-0.4, -0.2) is 84.2 Å². The molecule has 1 N–H and O–H groups in total. The van der Waals surface area contributed by atoms with E-state index in [9.17, 15) is 18.5 Å². The molecule has 160 valence electrons. The van der Waals surface area contributed by atoms with Crippen LogP contribution in [0.5, 0.6) is 0 Å². The standard InChI is InChI=1S/C19H25N7O3S/c1-19(13-20)3-5-24(6-4-19)16-14-12-22-23-17(14)21-11-15(16)18(27)25-7-9-26(10-8-25)30(2,28)29/h11-12H,3-10H2,1-2H3,(H,21,22,23). The number of pyridine rings is 1. The van der Waals surface area contributed by atoms with Crippen molar-refractivity contribution in [1.82, 2.24) is 24.4 Å². The van der Waals surface area contributed by atoms with E-state index in [0.29, 0.717) is 50.2 Å². The lowest BCUT2D eigenvalue weighted by Gasteiger charge is -2.38. The molecule has 2 aliphatic rings. The Morgan fingerprint density at radius 3 is 2.43 bits per heavy atom. The van der Waals surface area contributed by atoms with Crippen molar-refractivity contribution < 1.29 is 13.2 Å². The number of nitriles is 1. The van der Waals surface area contributed by atoms with Crippen molar-refractivity contribution in [2.24, 2.45) is 5.41 Å². The highest BCUT2D eigenvalue weighted by Gasteiger charge is 2.34. The molecule has 0 aromatic carbocycles. The highest BCUT2D eigenvalue weighted by Crippen LogP contribution is 2.36. The zero-order chi connectivity index (χ0) is 21.5. The zero-order valence-corrected chi connectivity index (χ0v) is 17.9. The van der Waals surface area contributed by atoms with Crippen molar-refractivity contribution >= 4 is 32.7 Å².